The molecule has 4 aromatic carbocycles. The highest BCUT2D eigenvalue weighted by atomic mass is 16.5. The molecule has 0 aromatic heterocycles. The molecule has 0 aliphatic carbocycles. The molecule has 0 saturated heterocycles. The van der Waals surface area contributed by atoms with E-state index < -0.39 is 5.97 Å². The van der Waals surface area contributed by atoms with Crippen LogP contribution in [0.25, 0.3) is 0 Å². The van der Waals surface area contributed by atoms with E-state index in [0.29, 0.717) is 18.8 Å². The summed E-state index contributed by atoms with van der Waals surface area (Å²) in [5, 5.41) is 8.78. The predicted octanol–water partition coefficient (Wildman–Crippen LogP) is 6.63. The van der Waals surface area contributed by atoms with Crippen molar-refractivity contribution in [1.29, 1.82) is 0 Å². The summed E-state index contributed by atoms with van der Waals surface area (Å²) in [6.07, 6.45) is 0. The van der Waals surface area contributed by atoms with Gasteiger partial charge in [-0.25, -0.2) is 9.59 Å². The molecule has 0 spiro atoms. The van der Waals surface area contributed by atoms with Crippen LogP contribution in [0, 0.1) is 13.8 Å². The lowest BCUT2D eigenvalue weighted by Crippen LogP contribution is -2.02. The van der Waals surface area contributed by atoms with E-state index in [2.05, 4.69) is 4.74 Å². The van der Waals surface area contributed by atoms with Crippen LogP contribution in [0.4, 0.5) is 0 Å². The summed E-state index contributed by atoms with van der Waals surface area (Å²) >= 11 is 0. The standard InChI is InChI=1S/C16H16O3.C15H14O3/c1-12-4-3-5-15(10-12)19-11-13-6-8-14(9-7-13)16(17)18-2;1-11-3-2-4-14(9-11)18-10-12-5-7-13(8-6-12)15(16)17/h3-10H,11H2,1-2H3;2-9H,10H2,1H3,(H,16,17). The average molecular weight is 499 g/mol. The van der Waals surface area contributed by atoms with E-state index >= 15 is 0 Å². The van der Waals surface area contributed by atoms with E-state index in [1.807, 2.05) is 74.5 Å². The lowest BCUT2D eigenvalue weighted by molar-refractivity contribution is 0.0599. The first-order chi connectivity index (χ1) is 17.8. The minimum absolute atomic E-state index is 0.286. The third-order valence-corrected chi connectivity index (χ3v) is 5.37. The topological polar surface area (TPSA) is 82.1 Å². The lowest BCUT2D eigenvalue weighted by Gasteiger charge is -2.07. The van der Waals surface area contributed by atoms with Crippen LogP contribution >= 0.6 is 0 Å². The van der Waals surface area contributed by atoms with Crippen molar-refractivity contribution in [2.24, 2.45) is 0 Å². The number of carbonyl (C=O) groups excluding carboxylic acids is 1. The molecule has 0 bridgehead atoms. The van der Waals surface area contributed by atoms with Crippen molar-refractivity contribution in [2.45, 2.75) is 27.1 Å². The number of carboxylic acids is 1. The van der Waals surface area contributed by atoms with E-state index in [4.69, 9.17) is 14.6 Å². The summed E-state index contributed by atoms with van der Waals surface area (Å²) in [4.78, 5) is 22.0. The fourth-order valence-electron chi connectivity index (χ4n) is 3.34. The molecular formula is C31H30O6. The molecule has 0 aliphatic heterocycles. The van der Waals surface area contributed by atoms with Gasteiger partial charge >= 0.3 is 11.9 Å². The molecule has 0 amide bonds. The molecule has 6 heteroatoms. The maximum absolute atomic E-state index is 11.3. The SMILES string of the molecule is COC(=O)c1ccc(COc2cccc(C)c2)cc1.Cc1cccc(OCc2ccc(C(=O)O)cc2)c1. The van der Waals surface area contributed by atoms with Gasteiger partial charge in [-0.1, -0.05) is 48.5 Å². The van der Waals surface area contributed by atoms with Crippen LogP contribution in [0.3, 0.4) is 0 Å². The minimum Gasteiger partial charge on any atom is -0.489 e. The molecule has 6 nitrogen and oxygen atoms in total. The maximum atomic E-state index is 11.3. The van der Waals surface area contributed by atoms with E-state index in [1.54, 1.807) is 36.4 Å². The molecule has 0 atom stereocenters. The highest BCUT2D eigenvalue weighted by Crippen LogP contribution is 2.16. The number of hydrogen-bond donors (Lipinski definition) is 1. The number of hydrogen-bond acceptors (Lipinski definition) is 5. The quantitative estimate of drug-likeness (QED) is 0.275. The summed E-state index contributed by atoms with van der Waals surface area (Å²) in [7, 11) is 1.37. The fourth-order valence-corrected chi connectivity index (χ4v) is 3.34. The van der Waals surface area contributed by atoms with Gasteiger partial charge in [-0.15, -0.1) is 0 Å². The Morgan fingerprint density at radius 2 is 1.08 bits per heavy atom. The number of benzene rings is 4. The summed E-state index contributed by atoms with van der Waals surface area (Å²) < 4.78 is 16.0. The Balaban J connectivity index is 0.000000206. The minimum atomic E-state index is -0.916. The number of esters is 1. The molecule has 4 aromatic rings. The number of ether oxygens (including phenoxy) is 3. The summed E-state index contributed by atoms with van der Waals surface area (Å²) in [6.45, 7) is 4.95. The van der Waals surface area contributed by atoms with Gasteiger partial charge in [0, 0.05) is 0 Å². The molecule has 1 N–H and O–H groups in total. The van der Waals surface area contributed by atoms with Gasteiger partial charge < -0.3 is 19.3 Å². The molecule has 4 rings (SSSR count). The van der Waals surface area contributed by atoms with Gasteiger partial charge in [0.25, 0.3) is 0 Å². The van der Waals surface area contributed by atoms with Gasteiger partial charge in [-0.2, -0.15) is 0 Å². The first kappa shape index (κ1) is 27.0. The molecule has 0 saturated carbocycles. The second-order valence-corrected chi connectivity index (χ2v) is 8.40. The van der Waals surface area contributed by atoms with Crippen LogP contribution in [-0.4, -0.2) is 24.2 Å². The molecule has 190 valence electrons. The van der Waals surface area contributed by atoms with Gasteiger partial charge in [0.1, 0.15) is 24.7 Å². The van der Waals surface area contributed by atoms with Crippen LogP contribution in [0.5, 0.6) is 11.5 Å². The van der Waals surface area contributed by atoms with Crippen LogP contribution in [0.1, 0.15) is 43.0 Å². The van der Waals surface area contributed by atoms with Crippen molar-refractivity contribution in [1.82, 2.24) is 0 Å². The molecule has 37 heavy (non-hydrogen) atoms. The van der Waals surface area contributed by atoms with E-state index in [9.17, 15) is 9.59 Å². The second kappa shape index (κ2) is 13.5. The molecule has 0 aliphatic rings. The zero-order valence-electron chi connectivity index (χ0n) is 21.1. The predicted molar refractivity (Wildman–Crippen MR) is 142 cm³/mol. The number of rotatable bonds is 8. The first-order valence-electron chi connectivity index (χ1n) is 11.7. The van der Waals surface area contributed by atoms with Crippen molar-refractivity contribution < 1.29 is 28.9 Å². The molecule has 0 radical (unpaired) electrons. The molecule has 0 heterocycles. The summed E-state index contributed by atoms with van der Waals surface area (Å²) in [5.41, 5.74) is 5.10. The van der Waals surface area contributed by atoms with Gasteiger partial charge in [0.15, 0.2) is 0 Å². The fraction of sp³-hybridized carbons (Fsp3) is 0.161. The van der Waals surface area contributed by atoms with Crippen molar-refractivity contribution in [3.05, 3.63) is 130 Å². The van der Waals surface area contributed by atoms with Gasteiger partial charge in [0.2, 0.25) is 0 Å². The molecule has 0 unspecified atom stereocenters. The Hall–Kier alpha value is -4.58. The molecular weight excluding hydrogens is 468 g/mol. The summed E-state index contributed by atoms with van der Waals surface area (Å²) in [5.74, 6) is 0.418. The van der Waals surface area contributed by atoms with E-state index in [1.165, 1.54) is 12.7 Å². The molecule has 0 fully saturated rings. The van der Waals surface area contributed by atoms with Crippen LogP contribution in [0.2, 0.25) is 0 Å². The largest absolute Gasteiger partial charge is 0.489 e. The number of methoxy groups -OCH3 is 1. The lowest BCUT2D eigenvalue weighted by atomic mass is 10.1. The van der Waals surface area contributed by atoms with E-state index in [0.717, 1.165) is 28.2 Å². The van der Waals surface area contributed by atoms with Gasteiger partial charge in [-0.05, 0) is 84.6 Å². The monoisotopic (exact) mass is 498 g/mol. The van der Waals surface area contributed by atoms with Gasteiger partial charge in [0.05, 0.1) is 18.2 Å². The van der Waals surface area contributed by atoms with Crippen LogP contribution in [-0.2, 0) is 18.0 Å². The Morgan fingerprint density at radius 1 is 0.649 bits per heavy atom. The van der Waals surface area contributed by atoms with Crippen molar-refractivity contribution >= 4 is 11.9 Å². The van der Waals surface area contributed by atoms with Crippen molar-refractivity contribution in [2.75, 3.05) is 7.11 Å². The van der Waals surface area contributed by atoms with Crippen LogP contribution in [0.15, 0.2) is 97.1 Å². The van der Waals surface area contributed by atoms with Crippen molar-refractivity contribution in [3.63, 3.8) is 0 Å². The zero-order chi connectivity index (χ0) is 26.6. The van der Waals surface area contributed by atoms with Crippen LogP contribution < -0.4 is 9.47 Å². The smallest absolute Gasteiger partial charge is 0.337 e. The number of aromatic carboxylic acids is 1. The Bertz CT molecular complexity index is 1310. The number of carboxylic acid groups (broad SMARTS) is 1. The number of aryl methyl sites for hydroxylation is 2. The third-order valence-electron chi connectivity index (χ3n) is 5.37. The normalized spacial score (nSPS) is 10.0. The summed E-state index contributed by atoms with van der Waals surface area (Å²) in [6, 6.07) is 29.6. The highest BCUT2D eigenvalue weighted by molar-refractivity contribution is 5.89. The number of carbonyl (C=O) groups is 2. The second-order valence-electron chi connectivity index (χ2n) is 8.40. The third kappa shape index (κ3) is 8.85. The van der Waals surface area contributed by atoms with Gasteiger partial charge in [-0.3, -0.25) is 0 Å². The maximum Gasteiger partial charge on any atom is 0.337 e. The Morgan fingerprint density at radius 3 is 1.46 bits per heavy atom. The average Bonchev–Trinajstić information content (AvgIpc) is 2.91. The van der Waals surface area contributed by atoms with Crippen molar-refractivity contribution in [3.8, 4) is 11.5 Å². The Labute approximate surface area is 217 Å². The van der Waals surface area contributed by atoms with E-state index in [-0.39, 0.29) is 11.5 Å². The highest BCUT2D eigenvalue weighted by Gasteiger charge is 2.05. The zero-order valence-corrected chi connectivity index (χ0v) is 21.1. The first-order valence-corrected chi connectivity index (χ1v) is 11.7. The Kier molecular flexibility index (Phi) is 9.85.